The molecule has 4 heteroatoms. The fourth-order valence-electron chi connectivity index (χ4n) is 1.61. The highest BCUT2D eigenvalue weighted by atomic mass is 79.9. The molecule has 0 atom stereocenters. The molecular weight excluding hydrogens is 258 g/mol. The van der Waals surface area contributed by atoms with E-state index in [1.54, 1.807) is 13.3 Å². The number of aryl methyl sites for hydroxylation is 1. The number of pyridine rings is 1. The van der Waals surface area contributed by atoms with Gasteiger partial charge in [-0.2, -0.15) is 0 Å². The molecule has 1 heterocycles. The van der Waals surface area contributed by atoms with Crippen molar-refractivity contribution in [1.29, 1.82) is 0 Å². The van der Waals surface area contributed by atoms with Gasteiger partial charge in [0.2, 0.25) is 5.43 Å². The van der Waals surface area contributed by atoms with E-state index in [0.717, 1.165) is 11.1 Å². The predicted octanol–water partition coefficient (Wildman–Crippen LogP) is 2.61. The van der Waals surface area contributed by atoms with Crippen LogP contribution in [0.15, 0.2) is 27.6 Å². The van der Waals surface area contributed by atoms with Crippen LogP contribution in [0.4, 0.5) is 0 Å². The summed E-state index contributed by atoms with van der Waals surface area (Å²) < 4.78 is 5.73. The average Bonchev–Trinajstić information content (AvgIpc) is 2.24. The molecular formula is C11H10BrNO2. The van der Waals surface area contributed by atoms with Crippen LogP contribution in [0.5, 0.6) is 5.75 Å². The van der Waals surface area contributed by atoms with Gasteiger partial charge < -0.3 is 9.72 Å². The van der Waals surface area contributed by atoms with Crippen molar-refractivity contribution in [2.24, 2.45) is 0 Å². The largest absolute Gasteiger partial charge is 0.495 e. The second-order valence-electron chi connectivity index (χ2n) is 3.30. The number of aromatic amines is 1. The normalized spacial score (nSPS) is 10.6. The minimum absolute atomic E-state index is 0.0137. The summed E-state index contributed by atoms with van der Waals surface area (Å²) >= 11 is 3.21. The Balaban J connectivity index is 3.00. The first kappa shape index (κ1) is 10.2. The molecule has 15 heavy (non-hydrogen) atoms. The van der Waals surface area contributed by atoms with Gasteiger partial charge in [-0.25, -0.2) is 0 Å². The Kier molecular flexibility index (Phi) is 2.52. The Bertz CT molecular complexity index is 575. The number of rotatable bonds is 1. The van der Waals surface area contributed by atoms with Crippen molar-refractivity contribution in [3.05, 3.63) is 38.6 Å². The molecule has 0 aliphatic rings. The smallest absolute Gasteiger partial charge is 0.203 e. The maximum Gasteiger partial charge on any atom is 0.203 e. The van der Waals surface area contributed by atoms with Gasteiger partial charge in [-0.05, 0) is 34.5 Å². The molecule has 3 nitrogen and oxygen atoms in total. The molecule has 0 bridgehead atoms. The van der Waals surface area contributed by atoms with Crippen LogP contribution in [-0.2, 0) is 0 Å². The van der Waals surface area contributed by atoms with E-state index in [-0.39, 0.29) is 5.43 Å². The highest BCUT2D eigenvalue weighted by Gasteiger charge is 2.09. The maximum atomic E-state index is 11.9. The van der Waals surface area contributed by atoms with Crippen molar-refractivity contribution < 1.29 is 4.74 Å². The Morgan fingerprint density at radius 1 is 1.40 bits per heavy atom. The molecule has 0 unspecified atom stereocenters. The number of ether oxygens (including phenoxy) is 1. The Morgan fingerprint density at radius 2 is 2.13 bits per heavy atom. The second-order valence-corrected chi connectivity index (χ2v) is 4.15. The number of H-pyrrole nitrogens is 1. The van der Waals surface area contributed by atoms with Gasteiger partial charge in [-0.3, -0.25) is 4.79 Å². The Morgan fingerprint density at radius 3 is 2.80 bits per heavy atom. The minimum atomic E-state index is -0.0137. The van der Waals surface area contributed by atoms with E-state index in [9.17, 15) is 4.79 Å². The van der Waals surface area contributed by atoms with Crippen molar-refractivity contribution in [3.63, 3.8) is 0 Å². The van der Waals surface area contributed by atoms with Gasteiger partial charge in [0.05, 0.1) is 22.5 Å². The van der Waals surface area contributed by atoms with Crippen LogP contribution in [0.2, 0.25) is 0 Å². The third-order valence-electron chi connectivity index (χ3n) is 2.38. The third-order valence-corrected chi connectivity index (χ3v) is 2.97. The molecule has 0 spiro atoms. The molecule has 1 aromatic carbocycles. The second kappa shape index (κ2) is 3.70. The number of halogens is 1. The Hall–Kier alpha value is -1.29. The lowest BCUT2D eigenvalue weighted by Crippen LogP contribution is -2.06. The maximum absolute atomic E-state index is 11.9. The van der Waals surface area contributed by atoms with E-state index >= 15 is 0 Å². The first-order valence-electron chi connectivity index (χ1n) is 4.49. The number of nitrogens with one attached hydrogen (secondary N) is 1. The van der Waals surface area contributed by atoms with Gasteiger partial charge in [0.25, 0.3) is 0 Å². The molecule has 0 fully saturated rings. The molecule has 2 rings (SSSR count). The summed E-state index contributed by atoms with van der Waals surface area (Å²) in [6.45, 7) is 1.91. The quantitative estimate of drug-likeness (QED) is 0.863. The monoisotopic (exact) mass is 267 g/mol. The molecule has 2 aromatic rings. The zero-order chi connectivity index (χ0) is 11.0. The van der Waals surface area contributed by atoms with Crippen molar-refractivity contribution in [1.82, 2.24) is 4.98 Å². The molecule has 0 amide bonds. The number of benzene rings is 1. The summed E-state index contributed by atoms with van der Waals surface area (Å²) in [7, 11) is 1.59. The van der Waals surface area contributed by atoms with E-state index in [4.69, 9.17) is 4.74 Å². The van der Waals surface area contributed by atoms with Crippen molar-refractivity contribution >= 4 is 26.8 Å². The Labute approximate surface area is 95.2 Å². The summed E-state index contributed by atoms with van der Waals surface area (Å²) in [6, 6.07) is 3.73. The minimum Gasteiger partial charge on any atom is -0.495 e. The average molecular weight is 268 g/mol. The van der Waals surface area contributed by atoms with Crippen LogP contribution in [0.25, 0.3) is 10.9 Å². The van der Waals surface area contributed by atoms with Crippen molar-refractivity contribution in [2.75, 3.05) is 7.11 Å². The van der Waals surface area contributed by atoms with Gasteiger partial charge >= 0.3 is 0 Å². The zero-order valence-corrected chi connectivity index (χ0v) is 10.0. The number of fused-ring (bicyclic) bond motifs is 1. The van der Waals surface area contributed by atoms with E-state index in [1.165, 1.54) is 0 Å². The van der Waals surface area contributed by atoms with E-state index < -0.39 is 0 Å². The lowest BCUT2D eigenvalue weighted by Gasteiger charge is -2.07. The lowest BCUT2D eigenvalue weighted by atomic mass is 10.1. The van der Waals surface area contributed by atoms with E-state index in [0.29, 0.717) is 15.6 Å². The SMILES string of the molecule is COc1ccc(C)c2c(=O)c(Br)c[nH]c12. The topological polar surface area (TPSA) is 42.1 Å². The highest BCUT2D eigenvalue weighted by molar-refractivity contribution is 9.10. The molecule has 1 N–H and O–H groups in total. The standard InChI is InChI=1S/C11H10BrNO2/c1-6-3-4-8(15-2)10-9(6)11(14)7(12)5-13-10/h3-5H,1-2H3,(H,13,14). The van der Waals surface area contributed by atoms with Crippen LogP contribution in [0.3, 0.4) is 0 Å². The fourth-order valence-corrected chi connectivity index (χ4v) is 1.93. The van der Waals surface area contributed by atoms with Crippen molar-refractivity contribution in [2.45, 2.75) is 6.92 Å². The van der Waals surface area contributed by atoms with Gasteiger partial charge in [-0.1, -0.05) is 6.07 Å². The number of methoxy groups -OCH3 is 1. The summed E-state index contributed by atoms with van der Waals surface area (Å²) in [5, 5.41) is 0.670. The highest BCUT2D eigenvalue weighted by Crippen LogP contribution is 2.24. The van der Waals surface area contributed by atoms with Crippen LogP contribution in [0.1, 0.15) is 5.56 Å². The van der Waals surface area contributed by atoms with E-state index in [2.05, 4.69) is 20.9 Å². The molecule has 0 saturated carbocycles. The predicted molar refractivity (Wildman–Crippen MR) is 63.6 cm³/mol. The lowest BCUT2D eigenvalue weighted by molar-refractivity contribution is 0.419. The summed E-state index contributed by atoms with van der Waals surface area (Å²) in [5.41, 5.74) is 1.67. The van der Waals surface area contributed by atoms with Crippen molar-refractivity contribution in [3.8, 4) is 5.75 Å². The van der Waals surface area contributed by atoms with Gasteiger partial charge in [0.15, 0.2) is 0 Å². The fraction of sp³-hybridized carbons (Fsp3) is 0.182. The molecule has 78 valence electrons. The summed E-state index contributed by atoms with van der Waals surface area (Å²) in [6.07, 6.45) is 1.63. The number of hydrogen-bond donors (Lipinski definition) is 1. The molecule has 0 radical (unpaired) electrons. The molecule has 0 saturated heterocycles. The number of aromatic nitrogens is 1. The third kappa shape index (κ3) is 1.55. The first-order chi connectivity index (χ1) is 7.15. The van der Waals surface area contributed by atoms with Gasteiger partial charge in [0.1, 0.15) is 5.75 Å². The summed E-state index contributed by atoms with van der Waals surface area (Å²) in [4.78, 5) is 14.9. The zero-order valence-electron chi connectivity index (χ0n) is 8.43. The molecule has 1 aromatic heterocycles. The van der Waals surface area contributed by atoms with E-state index in [1.807, 2.05) is 19.1 Å². The van der Waals surface area contributed by atoms with Crippen LogP contribution in [-0.4, -0.2) is 12.1 Å². The first-order valence-corrected chi connectivity index (χ1v) is 5.29. The van der Waals surface area contributed by atoms with Crippen LogP contribution in [0, 0.1) is 6.92 Å². The molecule has 0 aliphatic heterocycles. The van der Waals surface area contributed by atoms with Gasteiger partial charge in [0, 0.05) is 6.20 Å². The van der Waals surface area contributed by atoms with Crippen LogP contribution >= 0.6 is 15.9 Å². The summed E-state index contributed by atoms with van der Waals surface area (Å²) in [5.74, 6) is 0.681. The van der Waals surface area contributed by atoms with Crippen LogP contribution < -0.4 is 10.2 Å². The molecule has 0 aliphatic carbocycles. The number of hydrogen-bond acceptors (Lipinski definition) is 2. The van der Waals surface area contributed by atoms with Gasteiger partial charge in [-0.15, -0.1) is 0 Å².